The zero-order valence-corrected chi connectivity index (χ0v) is 20.3. The van der Waals surface area contributed by atoms with E-state index in [2.05, 4.69) is 31.0 Å². The molecule has 1 unspecified atom stereocenters. The van der Waals surface area contributed by atoms with E-state index in [1.54, 1.807) is 30.3 Å². The summed E-state index contributed by atoms with van der Waals surface area (Å²) in [6.07, 6.45) is -0.111. The summed E-state index contributed by atoms with van der Waals surface area (Å²) < 4.78 is 18.7. The highest BCUT2D eigenvalue weighted by molar-refractivity contribution is 6.03. The number of rotatable bonds is 7. The van der Waals surface area contributed by atoms with E-state index in [9.17, 15) is 14.0 Å². The lowest BCUT2D eigenvalue weighted by Crippen LogP contribution is -2.25. The number of hydrogen-bond donors (Lipinski definition) is 2. The quantitative estimate of drug-likeness (QED) is 0.519. The topological polar surface area (TPSA) is 128 Å². The summed E-state index contributed by atoms with van der Waals surface area (Å²) >= 11 is 0. The average Bonchev–Trinajstić information content (AvgIpc) is 3.39. The standard InChI is InChI=1S/C25H25FN6O4/c1-13-14(2)29-20(10-16(13)24(33)28-12-15-5-6-17(26)22(9-15)35-4)21-11-23(36-32-21)18-7-8-19(31-30-18)25(34)27-3/h5-10,23H,11-12H2,1-4H3,(H,27,34)(H,28,33). The van der Waals surface area contributed by atoms with Gasteiger partial charge in [0.2, 0.25) is 0 Å². The second-order valence-electron chi connectivity index (χ2n) is 8.18. The van der Waals surface area contributed by atoms with Gasteiger partial charge in [-0.1, -0.05) is 11.2 Å². The zero-order valence-electron chi connectivity index (χ0n) is 20.3. The van der Waals surface area contributed by atoms with E-state index in [-0.39, 0.29) is 29.8 Å². The Bertz CT molecular complexity index is 1340. The van der Waals surface area contributed by atoms with Crippen molar-refractivity contribution in [2.24, 2.45) is 5.16 Å². The van der Waals surface area contributed by atoms with Gasteiger partial charge in [-0.2, -0.15) is 5.10 Å². The number of carbonyl (C=O) groups excluding carboxylic acids is 2. The number of nitrogens with one attached hydrogen (secondary N) is 2. The minimum Gasteiger partial charge on any atom is -0.494 e. The number of benzene rings is 1. The Morgan fingerprint density at radius 2 is 1.94 bits per heavy atom. The van der Waals surface area contributed by atoms with E-state index in [1.807, 2.05) is 13.8 Å². The Hall–Kier alpha value is -4.41. The van der Waals surface area contributed by atoms with Crippen molar-refractivity contribution < 1.29 is 23.6 Å². The first-order valence-corrected chi connectivity index (χ1v) is 11.2. The van der Waals surface area contributed by atoms with Gasteiger partial charge in [-0.05, 0) is 55.3 Å². The van der Waals surface area contributed by atoms with Crippen molar-refractivity contribution >= 4 is 17.5 Å². The molecule has 11 heteroatoms. The fourth-order valence-electron chi connectivity index (χ4n) is 3.66. The maximum absolute atomic E-state index is 13.7. The van der Waals surface area contributed by atoms with Crippen molar-refractivity contribution in [2.75, 3.05) is 14.2 Å². The lowest BCUT2D eigenvalue weighted by atomic mass is 10.0. The minimum absolute atomic E-state index is 0.113. The molecule has 1 aliphatic heterocycles. The molecule has 3 aromatic rings. The van der Waals surface area contributed by atoms with E-state index in [0.717, 1.165) is 5.56 Å². The largest absolute Gasteiger partial charge is 0.494 e. The third-order valence-electron chi connectivity index (χ3n) is 5.87. The van der Waals surface area contributed by atoms with Crippen LogP contribution in [0.15, 0.2) is 41.6 Å². The summed E-state index contributed by atoms with van der Waals surface area (Å²) in [5.74, 6) is -0.984. The molecule has 0 saturated carbocycles. The fraction of sp³-hybridized carbons (Fsp3) is 0.280. The van der Waals surface area contributed by atoms with Gasteiger partial charge in [0.1, 0.15) is 11.4 Å². The van der Waals surface area contributed by atoms with E-state index < -0.39 is 11.9 Å². The number of aryl methyl sites for hydroxylation is 1. The van der Waals surface area contributed by atoms with Crippen LogP contribution in [0, 0.1) is 19.7 Å². The van der Waals surface area contributed by atoms with Gasteiger partial charge < -0.3 is 20.2 Å². The number of amides is 2. The lowest BCUT2D eigenvalue weighted by Gasteiger charge is -2.12. The van der Waals surface area contributed by atoms with Gasteiger partial charge in [0.15, 0.2) is 23.4 Å². The van der Waals surface area contributed by atoms with Crippen LogP contribution in [0.1, 0.15) is 61.6 Å². The molecule has 36 heavy (non-hydrogen) atoms. The van der Waals surface area contributed by atoms with Crippen molar-refractivity contribution in [1.29, 1.82) is 0 Å². The first-order chi connectivity index (χ1) is 17.3. The predicted octanol–water partition coefficient (Wildman–Crippen LogP) is 2.79. The normalized spacial score (nSPS) is 14.6. The number of methoxy groups -OCH3 is 1. The molecule has 1 aromatic carbocycles. The first-order valence-electron chi connectivity index (χ1n) is 11.2. The molecule has 0 aliphatic carbocycles. The van der Waals surface area contributed by atoms with Crippen LogP contribution in [0.4, 0.5) is 4.39 Å². The number of aromatic nitrogens is 3. The van der Waals surface area contributed by atoms with Crippen LogP contribution in [0.3, 0.4) is 0 Å². The summed E-state index contributed by atoms with van der Waals surface area (Å²) in [6, 6.07) is 9.33. The van der Waals surface area contributed by atoms with Gasteiger partial charge >= 0.3 is 0 Å². The predicted molar refractivity (Wildman–Crippen MR) is 128 cm³/mol. The van der Waals surface area contributed by atoms with E-state index >= 15 is 0 Å². The molecule has 0 spiro atoms. The molecule has 0 bridgehead atoms. The summed E-state index contributed by atoms with van der Waals surface area (Å²) in [7, 11) is 2.90. The number of hydrogen-bond acceptors (Lipinski definition) is 8. The summed E-state index contributed by atoms with van der Waals surface area (Å²) in [6.45, 7) is 3.83. The Morgan fingerprint density at radius 1 is 1.14 bits per heavy atom. The number of carbonyl (C=O) groups is 2. The SMILES string of the molecule is CNC(=O)c1ccc(C2CC(c3cc(C(=O)NCc4ccc(F)c(OC)c4)c(C)c(C)n3)=NO2)nn1. The Balaban J connectivity index is 1.48. The Labute approximate surface area is 206 Å². The third-order valence-corrected chi connectivity index (χ3v) is 5.87. The smallest absolute Gasteiger partial charge is 0.271 e. The highest BCUT2D eigenvalue weighted by Gasteiger charge is 2.28. The van der Waals surface area contributed by atoms with Crippen LogP contribution < -0.4 is 15.4 Å². The molecule has 10 nitrogen and oxygen atoms in total. The molecule has 2 aromatic heterocycles. The van der Waals surface area contributed by atoms with E-state index in [1.165, 1.54) is 20.2 Å². The summed E-state index contributed by atoms with van der Waals surface area (Å²) in [5.41, 5.74) is 4.38. The van der Waals surface area contributed by atoms with Gasteiger partial charge in [-0.15, -0.1) is 5.10 Å². The molecule has 4 rings (SSSR count). The first kappa shape index (κ1) is 24.7. The van der Waals surface area contributed by atoms with Crippen LogP contribution in [0.5, 0.6) is 5.75 Å². The van der Waals surface area contributed by atoms with Crippen LogP contribution in [0.2, 0.25) is 0 Å². The third kappa shape index (κ3) is 5.14. The van der Waals surface area contributed by atoms with Crippen LogP contribution in [0.25, 0.3) is 0 Å². The summed E-state index contributed by atoms with van der Waals surface area (Å²) in [4.78, 5) is 34.8. The second kappa shape index (κ2) is 10.5. The molecule has 1 aliphatic rings. The fourth-order valence-corrected chi connectivity index (χ4v) is 3.66. The Kier molecular flexibility index (Phi) is 7.18. The number of ether oxygens (including phenoxy) is 1. The van der Waals surface area contributed by atoms with Crippen molar-refractivity contribution in [3.05, 3.63) is 81.7 Å². The van der Waals surface area contributed by atoms with E-state index in [0.29, 0.717) is 40.3 Å². The molecule has 2 N–H and O–H groups in total. The maximum Gasteiger partial charge on any atom is 0.271 e. The van der Waals surface area contributed by atoms with Gasteiger partial charge in [-0.3, -0.25) is 14.6 Å². The molecular formula is C25H25FN6O4. The van der Waals surface area contributed by atoms with E-state index in [4.69, 9.17) is 9.57 Å². The second-order valence-corrected chi connectivity index (χ2v) is 8.18. The van der Waals surface area contributed by atoms with Crippen LogP contribution >= 0.6 is 0 Å². The molecule has 0 fully saturated rings. The average molecular weight is 493 g/mol. The molecule has 0 radical (unpaired) electrons. The summed E-state index contributed by atoms with van der Waals surface area (Å²) in [5, 5.41) is 17.5. The highest BCUT2D eigenvalue weighted by atomic mass is 19.1. The van der Waals surface area contributed by atoms with Gasteiger partial charge in [0, 0.05) is 31.3 Å². The molecule has 1 atom stereocenters. The molecule has 2 amide bonds. The molecular weight excluding hydrogens is 467 g/mol. The number of pyridine rings is 1. The monoisotopic (exact) mass is 492 g/mol. The number of halogens is 1. The van der Waals surface area contributed by atoms with Gasteiger partial charge in [-0.25, -0.2) is 4.39 Å². The van der Waals surface area contributed by atoms with Crippen LogP contribution in [-0.4, -0.2) is 46.9 Å². The van der Waals surface area contributed by atoms with Crippen molar-refractivity contribution in [2.45, 2.75) is 32.9 Å². The van der Waals surface area contributed by atoms with Crippen molar-refractivity contribution in [1.82, 2.24) is 25.8 Å². The van der Waals surface area contributed by atoms with Gasteiger partial charge in [0.05, 0.1) is 12.8 Å². The van der Waals surface area contributed by atoms with Gasteiger partial charge in [0.25, 0.3) is 11.8 Å². The van der Waals surface area contributed by atoms with Crippen molar-refractivity contribution in [3.8, 4) is 5.75 Å². The van der Waals surface area contributed by atoms with Crippen molar-refractivity contribution in [3.63, 3.8) is 0 Å². The molecule has 186 valence electrons. The van der Waals surface area contributed by atoms with Crippen LogP contribution in [-0.2, 0) is 11.4 Å². The minimum atomic E-state index is -0.486. The number of oxime groups is 1. The highest BCUT2D eigenvalue weighted by Crippen LogP contribution is 2.28. The zero-order chi connectivity index (χ0) is 25.8. The maximum atomic E-state index is 13.7. The molecule has 0 saturated heterocycles. The number of nitrogens with zero attached hydrogens (tertiary/aromatic N) is 4. The molecule has 3 heterocycles. The lowest BCUT2D eigenvalue weighted by molar-refractivity contribution is 0.0815. The Morgan fingerprint density at radius 3 is 2.64 bits per heavy atom.